The Labute approximate surface area is 104 Å². The number of aliphatic hydroxyl groups excluding tert-OH is 1. The highest BCUT2D eigenvalue weighted by atomic mass is 32.1. The predicted octanol–water partition coefficient (Wildman–Crippen LogP) is 2.42. The SMILES string of the molecule is Nc1c(OCCCCCO)ccc2scnc12. The number of nitrogens with two attached hydrogens (primary N) is 1. The summed E-state index contributed by atoms with van der Waals surface area (Å²) >= 11 is 1.57. The number of aromatic nitrogens is 1. The molecule has 3 N–H and O–H groups in total. The molecule has 2 aromatic rings. The summed E-state index contributed by atoms with van der Waals surface area (Å²) in [6.07, 6.45) is 2.72. The highest BCUT2D eigenvalue weighted by Gasteiger charge is 2.07. The molecule has 0 saturated carbocycles. The smallest absolute Gasteiger partial charge is 0.144 e. The first-order chi connectivity index (χ1) is 8.33. The summed E-state index contributed by atoms with van der Waals surface area (Å²) < 4.78 is 6.70. The molecule has 0 fully saturated rings. The van der Waals surface area contributed by atoms with Crippen molar-refractivity contribution in [3.63, 3.8) is 0 Å². The molecule has 1 aromatic carbocycles. The second kappa shape index (κ2) is 5.84. The first kappa shape index (κ1) is 12.1. The van der Waals surface area contributed by atoms with Gasteiger partial charge in [-0.05, 0) is 31.4 Å². The van der Waals surface area contributed by atoms with Crippen LogP contribution in [0, 0.1) is 0 Å². The molecule has 1 heterocycles. The number of fused-ring (bicyclic) bond motifs is 1. The second-order valence-electron chi connectivity index (χ2n) is 3.81. The highest BCUT2D eigenvalue weighted by Crippen LogP contribution is 2.31. The molecular formula is C12H16N2O2S. The van der Waals surface area contributed by atoms with E-state index in [9.17, 15) is 0 Å². The van der Waals surface area contributed by atoms with Gasteiger partial charge in [0.15, 0.2) is 0 Å². The maximum absolute atomic E-state index is 8.65. The first-order valence-corrected chi connectivity index (χ1v) is 6.56. The fourth-order valence-electron chi connectivity index (χ4n) is 1.63. The maximum Gasteiger partial charge on any atom is 0.144 e. The molecule has 0 aliphatic heterocycles. The van der Waals surface area contributed by atoms with Gasteiger partial charge in [-0.1, -0.05) is 0 Å². The number of unbranched alkanes of at least 4 members (excludes halogenated alkanes) is 2. The number of aliphatic hydroxyl groups is 1. The Kier molecular flexibility index (Phi) is 4.17. The van der Waals surface area contributed by atoms with E-state index in [-0.39, 0.29) is 6.61 Å². The van der Waals surface area contributed by atoms with Crippen molar-refractivity contribution in [3.8, 4) is 5.75 Å². The highest BCUT2D eigenvalue weighted by molar-refractivity contribution is 7.16. The van der Waals surface area contributed by atoms with Crippen molar-refractivity contribution < 1.29 is 9.84 Å². The maximum atomic E-state index is 8.65. The van der Waals surface area contributed by atoms with Gasteiger partial charge in [0.2, 0.25) is 0 Å². The van der Waals surface area contributed by atoms with Gasteiger partial charge in [-0.2, -0.15) is 0 Å². The van der Waals surface area contributed by atoms with Gasteiger partial charge >= 0.3 is 0 Å². The van der Waals surface area contributed by atoms with E-state index in [1.807, 2.05) is 12.1 Å². The van der Waals surface area contributed by atoms with Gasteiger partial charge in [-0.25, -0.2) is 4.98 Å². The van der Waals surface area contributed by atoms with E-state index < -0.39 is 0 Å². The Hall–Kier alpha value is -1.33. The summed E-state index contributed by atoms with van der Waals surface area (Å²) in [4.78, 5) is 4.22. The third-order valence-corrected chi connectivity index (χ3v) is 3.36. The molecule has 0 saturated heterocycles. The number of rotatable bonds is 6. The molecule has 2 rings (SSSR count). The zero-order valence-corrected chi connectivity index (χ0v) is 10.4. The van der Waals surface area contributed by atoms with Crippen LogP contribution in [0.1, 0.15) is 19.3 Å². The molecule has 0 spiro atoms. The zero-order valence-electron chi connectivity index (χ0n) is 9.56. The molecule has 17 heavy (non-hydrogen) atoms. The Morgan fingerprint density at radius 2 is 2.18 bits per heavy atom. The van der Waals surface area contributed by atoms with Crippen LogP contribution in [0.15, 0.2) is 17.6 Å². The minimum Gasteiger partial charge on any atom is -0.491 e. The normalized spacial score (nSPS) is 10.9. The fourth-order valence-corrected chi connectivity index (χ4v) is 2.32. The second-order valence-corrected chi connectivity index (χ2v) is 4.70. The van der Waals surface area contributed by atoms with Crippen LogP contribution >= 0.6 is 11.3 Å². The molecule has 0 unspecified atom stereocenters. The molecule has 0 aliphatic carbocycles. The number of anilines is 1. The van der Waals surface area contributed by atoms with Gasteiger partial charge < -0.3 is 15.6 Å². The molecule has 0 bridgehead atoms. The van der Waals surface area contributed by atoms with Crippen molar-refractivity contribution in [3.05, 3.63) is 17.6 Å². The number of thiazole rings is 1. The molecular weight excluding hydrogens is 236 g/mol. The van der Waals surface area contributed by atoms with Crippen molar-refractivity contribution in [1.29, 1.82) is 0 Å². The van der Waals surface area contributed by atoms with Crippen LogP contribution in [-0.4, -0.2) is 23.3 Å². The van der Waals surface area contributed by atoms with E-state index in [0.29, 0.717) is 18.0 Å². The molecule has 92 valence electrons. The van der Waals surface area contributed by atoms with E-state index in [0.717, 1.165) is 29.5 Å². The average molecular weight is 252 g/mol. The van der Waals surface area contributed by atoms with Crippen LogP contribution in [0.25, 0.3) is 10.2 Å². The summed E-state index contributed by atoms with van der Waals surface area (Å²) in [6.45, 7) is 0.868. The molecule has 0 amide bonds. The molecule has 0 atom stereocenters. The Morgan fingerprint density at radius 3 is 3.00 bits per heavy atom. The van der Waals surface area contributed by atoms with Crippen LogP contribution in [-0.2, 0) is 0 Å². The molecule has 4 nitrogen and oxygen atoms in total. The summed E-state index contributed by atoms with van der Waals surface area (Å²) in [5.74, 6) is 0.701. The predicted molar refractivity (Wildman–Crippen MR) is 70.5 cm³/mol. The number of hydrogen-bond acceptors (Lipinski definition) is 5. The van der Waals surface area contributed by atoms with Crippen LogP contribution in [0.4, 0.5) is 5.69 Å². The molecule has 0 radical (unpaired) electrons. The van der Waals surface area contributed by atoms with Crippen LogP contribution in [0.3, 0.4) is 0 Å². The van der Waals surface area contributed by atoms with E-state index in [2.05, 4.69) is 4.98 Å². The lowest BCUT2D eigenvalue weighted by atomic mass is 10.2. The molecule has 1 aromatic heterocycles. The zero-order chi connectivity index (χ0) is 12.1. The lowest BCUT2D eigenvalue weighted by Crippen LogP contribution is -2.01. The van der Waals surface area contributed by atoms with E-state index in [1.54, 1.807) is 16.8 Å². The number of nitrogen functional groups attached to an aromatic ring is 1. The Balaban J connectivity index is 1.96. The largest absolute Gasteiger partial charge is 0.491 e. The third kappa shape index (κ3) is 2.87. The topological polar surface area (TPSA) is 68.4 Å². The van der Waals surface area contributed by atoms with Crippen molar-refractivity contribution in [2.24, 2.45) is 0 Å². The van der Waals surface area contributed by atoms with Gasteiger partial charge in [-0.3, -0.25) is 0 Å². The Bertz CT molecular complexity index is 484. The van der Waals surface area contributed by atoms with Gasteiger partial charge in [0.05, 0.1) is 16.8 Å². The van der Waals surface area contributed by atoms with Gasteiger partial charge in [0.25, 0.3) is 0 Å². The van der Waals surface area contributed by atoms with Crippen molar-refractivity contribution in [1.82, 2.24) is 4.98 Å². The quantitative estimate of drug-likeness (QED) is 0.612. The van der Waals surface area contributed by atoms with Crippen LogP contribution in [0.2, 0.25) is 0 Å². The number of hydrogen-bond donors (Lipinski definition) is 2. The lowest BCUT2D eigenvalue weighted by molar-refractivity contribution is 0.266. The lowest BCUT2D eigenvalue weighted by Gasteiger charge is -2.08. The third-order valence-electron chi connectivity index (χ3n) is 2.56. The Morgan fingerprint density at radius 1 is 1.29 bits per heavy atom. The standard InChI is InChI=1S/C12H16N2O2S/c13-11-9(16-7-3-1-2-6-15)4-5-10-12(11)14-8-17-10/h4-5,8,15H,1-3,6-7,13H2. The van der Waals surface area contributed by atoms with Gasteiger partial charge in [0.1, 0.15) is 17.0 Å². The average Bonchev–Trinajstić information content (AvgIpc) is 2.80. The first-order valence-electron chi connectivity index (χ1n) is 5.68. The summed E-state index contributed by atoms with van der Waals surface area (Å²) in [6, 6.07) is 3.87. The number of benzene rings is 1. The minimum absolute atomic E-state index is 0.243. The van der Waals surface area contributed by atoms with E-state index >= 15 is 0 Å². The molecule has 5 heteroatoms. The summed E-state index contributed by atoms with van der Waals surface area (Å²) in [7, 11) is 0. The summed E-state index contributed by atoms with van der Waals surface area (Å²) in [5.41, 5.74) is 9.21. The van der Waals surface area contributed by atoms with Crippen LogP contribution in [0.5, 0.6) is 5.75 Å². The van der Waals surface area contributed by atoms with Crippen molar-refractivity contribution in [2.45, 2.75) is 19.3 Å². The number of nitrogens with zero attached hydrogens (tertiary/aromatic N) is 1. The van der Waals surface area contributed by atoms with Crippen LogP contribution < -0.4 is 10.5 Å². The van der Waals surface area contributed by atoms with E-state index in [1.165, 1.54) is 0 Å². The monoisotopic (exact) mass is 252 g/mol. The van der Waals surface area contributed by atoms with Gasteiger partial charge in [0, 0.05) is 6.61 Å². The number of ether oxygens (including phenoxy) is 1. The van der Waals surface area contributed by atoms with Crippen molar-refractivity contribution in [2.75, 3.05) is 18.9 Å². The van der Waals surface area contributed by atoms with E-state index in [4.69, 9.17) is 15.6 Å². The summed E-state index contributed by atoms with van der Waals surface area (Å²) in [5, 5.41) is 8.65. The van der Waals surface area contributed by atoms with Gasteiger partial charge in [-0.15, -0.1) is 11.3 Å². The fraction of sp³-hybridized carbons (Fsp3) is 0.417. The molecule has 0 aliphatic rings. The van der Waals surface area contributed by atoms with Crippen molar-refractivity contribution >= 4 is 27.2 Å². The minimum atomic E-state index is 0.243.